The quantitative estimate of drug-likeness (QED) is 0.0435. The molecule has 9 aromatic rings. The molecule has 11 rings (SSSR count). The van der Waals surface area contributed by atoms with Crippen LogP contribution in [-0.2, 0) is 0 Å². The van der Waals surface area contributed by atoms with Crippen LogP contribution in [0.3, 0.4) is 0 Å². The standard InChI is InChI=1S/C48H34O16/c49-34-25(18-9-10-21-19(12-18)20-11-16-3-1-2-4-17(16)13-22(20)64-21)37(52)39(54)31-27(33-35(50)24(15-7-8-15)38(53)44(59)43(33)58)32-30(41(56)47(62)48(63)42(32)57)26(29(31)34)28-23(14-5-6-14)36(51)45(60)46(61)40(28)55/h1-4,9-15,49-63H,5-8H2. The molecule has 2 saturated carbocycles. The number of phenols is 15. The Hall–Kier alpha value is -8.66. The van der Waals surface area contributed by atoms with Crippen molar-refractivity contribution in [3.63, 3.8) is 0 Å². The van der Waals surface area contributed by atoms with Crippen LogP contribution in [0.25, 0.3) is 87.6 Å². The highest BCUT2D eigenvalue weighted by Crippen LogP contribution is 2.68. The summed E-state index contributed by atoms with van der Waals surface area (Å²) in [6.07, 6.45) is 1.45. The van der Waals surface area contributed by atoms with Crippen LogP contribution >= 0.6 is 0 Å². The fraction of sp³-hybridized carbons (Fsp3) is 0.125. The zero-order chi connectivity index (χ0) is 45.1. The maximum Gasteiger partial charge on any atom is 0.204 e. The Morgan fingerprint density at radius 1 is 0.328 bits per heavy atom. The summed E-state index contributed by atoms with van der Waals surface area (Å²) in [5, 5.41) is 174. The molecule has 64 heavy (non-hydrogen) atoms. The minimum atomic E-state index is -1.40. The molecular formula is C48H34O16. The molecule has 8 aromatic carbocycles. The van der Waals surface area contributed by atoms with Gasteiger partial charge in [-0.3, -0.25) is 0 Å². The van der Waals surface area contributed by atoms with Gasteiger partial charge >= 0.3 is 0 Å². The zero-order valence-electron chi connectivity index (χ0n) is 32.8. The predicted octanol–water partition coefficient (Wildman–Crippen LogP) is 9.39. The topological polar surface area (TPSA) is 317 Å². The van der Waals surface area contributed by atoms with Crippen molar-refractivity contribution in [1.29, 1.82) is 0 Å². The molecule has 16 nitrogen and oxygen atoms in total. The van der Waals surface area contributed by atoms with Crippen molar-refractivity contribution in [1.82, 2.24) is 0 Å². The number of phenolic OH excluding ortho intramolecular Hbond substituents is 15. The van der Waals surface area contributed by atoms with Gasteiger partial charge in [0.25, 0.3) is 0 Å². The minimum absolute atomic E-state index is 0.0239. The number of aromatic hydroxyl groups is 15. The fourth-order valence-corrected chi connectivity index (χ4v) is 9.47. The van der Waals surface area contributed by atoms with Crippen molar-refractivity contribution < 1.29 is 81.0 Å². The lowest BCUT2D eigenvalue weighted by molar-refractivity contribution is 0.344. The third-order valence-electron chi connectivity index (χ3n) is 12.8. The first kappa shape index (κ1) is 38.3. The lowest BCUT2D eigenvalue weighted by Gasteiger charge is -2.26. The molecule has 0 amide bonds. The molecule has 2 aliphatic rings. The number of furan rings is 1. The first-order valence-electron chi connectivity index (χ1n) is 19.9. The van der Waals surface area contributed by atoms with Gasteiger partial charge in [-0.05, 0) is 78.1 Å². The number of hydrogen-bond donors (Lipinski definition) is 15. The summed E-state index contributed by atoms with van der Waals surface area (Å²) in [7, 11) is 0. The largest absolute Gasteiger partial charge is 0.507 e. The van der Waals surface area contributed by atoms with E-state index in [9.17, 15) is 76.6 Å². The number of benzene rings is 8. The van der Waals surface area contributed by atoms with Gasteiger partial charge in [0.15, 0.2) is 46.0 Å². The molecule has 15 N–H and O–H groups in total. The summed E-state index contributed by atoms with van der Waals surface area (Å²) in [4.78, 5) is 0. The second kappa shape index (κ2) is 12.7. The molecule has 0 bridgehead atoms. The van der Waals surface area contributed by atoms with Crippen molar-refractivity contribution in [3.8, 4) is 120 Å². The summed E-state index contributed by atoms with van der Waals surface area (Å²) in [5.74, 6) is -18.8. The Balaban J connectivity index is 1.39. The van der Waals surface area contributed by atoms with E-state index < -0.39 is 147 Å². The molecule has 0 saturated heterocycles. The Morgan fingerprint density at radius 3 is 1.38 bits per heavy atom. The molecule has 0 aliphatic heterocycles. The van der Waals surface area contributed by atoms with Crippen LogP contribution in [0.5, 0.6) is 86.2 Å². The Labute approximate surface area is 357 Å². The monoisotopic (exact) mass is 866 g/mol. The first-order chi connectivity index (χ1) is 30.5. The first-order valence-corrected chi connectivity index (χ1v) is 19.9. The van der Waals surface area contributed by atoms with E-state index in [0.717, 1.165) is 10.8 Å². The molecule has 2 fully saturated rings. The van der Waals surface area contributed by atoms with E-state index in [1.807, 2.05) is 36.4 Å². The van der Waals surface area contributed by atoms with E-state index >= 15 is 0 Å². The second-order valence-corrected chi connectivity index (χ2v) is 16.5. The Morgan fingerprint density at radius 2 is 0.766 bits per heavy atom. The van der Waals surface area contributed by atoms with E-state index in [1.165, 1.54) is 18.2 Å². The smallest absolute Gasteiger partial charge is 0.204 e. The van der Waals surface area contributed by atoms with Gasteiger partial charge in [-0.1, -0.05) is 30.3 Å². The minimum Gasteiger partial charge on any atom is -0.507 e. The van der Waals surface area contributed by atoms with Gasteiger partial charge in [0.2, 0.25) is 28.7 Å². The van der Waals surface area contributed by atoms with E-state index in [1.54, 1.807) is 0 Å². The van der Waals surface area contributed by atoms with Gasteiger partial charge in [-0.25, -0.2) is 0 Å². The number of rotatable bonds is 5. The second-order valence-electron chi connectivity index (χ2n) is 16.5. The predicted molar refractivity (Wildman–Crippen MR) is 231 cm³/mol. The van der Waals surface area contributed by atoms with E-state index in [4.69, 9.17) is 4.42 Å². The van der Waals surface area contributed by atoms with Crippen molar-refractivity contribution >= 4 is 54.3 Å². The SMILES string of the molecule is Oc1c(O)c(O)c(C2CC2)c(-c2c3c(O)c(O)c(O)c(O)c3c(-c3c(O)c(O)c(O)c(C4CC4)c3O)c3c(O)c(O)c(-c4ccc5oc6cc7ccccc7cc6c5c4)c(O)c23)c1O. The molecule has 0 unspecified atom stereocenters. The Bertz CT molecular complexity index is 3640. The molecule has 16 heteroatoms. The maximum atomic E-state index is 12.8. The van der Waals surface area contributed by atoms with Crippen LogP contribution in [0.1, 0.15) is 48.6 Å². The molecule has 2 aliphatic carbocycles. The van der Waals surface area contributed by atoms with Crippen LogP contribution in [0.4, 0.5) is 0 Å². The highest BCUT2D eigenvalue weighted by Gasteiger charge is 2.42. The van der Waals surface area contributed by atoms with Gasteiger partial charge in [0.1, 0.15) is 22.7 Å². The third kappa shape index (κ3) is 4.86. The molecule has 322 valence electrons. The van der Waals surface area contributed by atoms with E-state index in [0.29, 0.717) is 47.6 Å². The van der Waals surface area contributed by atoms with Crippen molar-refractivity contribution in [2.24, 2.45) is 0 Å². The van der Waals surface area contributed by atoms with Crippen LogP contribution < -0.4 is 0 Å². The number of hydrogen-bond acceptors (Lipinski definition) is 16. The van der Waals surface area contributed by atoms with Gasteiger partial charge in [0, 0.05) is 60.1 Å². The summed E-state index contributed by atoms with van der Waals surface area (Å²) in [6, 6.07) is 15.7. The summed E-state index contributed by atoms with van der Waals surface area (Å²) in [6.45, 7) is 0. The van der Waals surface area contributed by atoms with Gasteiger partial charge < -0.3 is 81.0 Å². The normalized spacial score (nSPS) is 14.2. The number of fused-ring (bicyclic) bond motifs is 6. The van der Waals surface area contributed by atoms with Gasteiger partial charge in [-0.15, -0.1) is 0 Å². The highest BCUT2D eigenvalue weighted by atomic mass is 16.4. The van der Waals surface area contributed by atoms with E-state index in [-0.39, 0.29) is 16.7 Å². The maximum absolute atomic E-state index is 12.8. The molecular weight excluding hydrogens is 833 g/mol. The van der Waals surface area contributed by atoms with E-state index in [2.05, 4.69) is 0 Å². The van der Waals surface area contributed by atoms with Gasteiger partial charge in [0.05, 0.1) is 11.1 Å². The van der Waals surface area contributed by atoms with Crippen LogP contribution in [-0.4, -0.2) is 76.6 Å². The fourth-order valence-electron chi connectivity index (χ4n) is 9.47. The average Bonchev–Trinajstić information content (AvgIpc) is 4.24. The lowest BCUT2D eigenvalue weighted by atomic mass is 9.79. The van der Waals surface area contributed by atoms with Crippen LogP contribution in [0, 0.1) is 0 Å². The van der Waals surface area contributed by atoms with Gasteiger partial charge in [-0.2, -0.15) is 0 Å². The average molecular weight is 867 g/mol. The summed E-state index contributed by atoms with van der Waals surface area (Å²) in [5.41, 5.74) is -3.18. The van der Waals surface area contributed by atoms with Crippen molar-refractivity contribution in [3.05, 3.63) is 65.7 Å². The highest BCUT2D eigenvalue weighted by molar-refractivity contribution is 6.31. The zero-order valence-corrected chi connectivity index (χ0v) is 32.8. The molecule has 0 spiro atoms. The van der Waals surface area contributed by atoms with Crippen LogP contribution in [0.15, 0.2) is 59.0 Å². The van der Waals surface area contributed by atoms with Crippen molar-refractivity contribution in [2.45, 2.75) is 37.5 Å². The third-order valence-corrected chi connectivity index (χ3v) is 12.8. The molecule has 1 heterocycles. The molecule has 0 radical (unpaired) electrons. The molecule has 1 aromatic heterocycles. The van der Waals surface area contributed by atoms with Crippen molar-refractivity contribution in [2.75, 3.05) is 0 Å². The Kier molecular flexibility index (Phi) is 7.59. The summed E-state index contributed by atoms with van der Waals surface area (Å²) >= 11 is 0. The lowest BCUT2D eigenvalue weighted by Crippen LogP contribution is -1.99. The van der Waals surface area contributed by atoms with Crippen LogP contribution in [0.2, 0.25) is 0 Å². The summed E-state index contributed by atoms with van der Waals surface area (Å²) < 4.78 is 6.15. The molecule has 0 atom stereocenters.